The third-order valence-electron chi connectivity index (χ3n) is 4.41. The average Bonchev–Trinajstić information content (AvgIpc) is 3.01. The molecule has 5 heteroatoms. The number of likely N-dealkylation sites (tertiary alicyclic amines) is 1. The summed E-state index contributed by atoms with van der Waals surface area (Å²) in [4.78, 5) is 24.6. The second-order valence-corrected chi connectivity index (χ2v) is 7.39. The van der Waals surface area contributed by atoms with Crippen LogP contribution in [0.15, 0.2) is 24.3 Å². The smallest absolute Gasteiger partial charge is 0.308 e. The van der Waals surface area contributed by atoms with Crippen molar-refractivity contribution in [2.75, 3.05) is 19.7 Å². The molecule has 1 unspecified atom stereocenters. The zero-order valence-corrected chi connectivity index (χ0v) is 14.7. The molecule has 0 spiro atoms. The summed E-state index contributed by atoms with van der Waals surface area (Å²) < 4.78 is 5.68. The topological polar surface area (TPSA) is 66.8 Å². The molecule has 0 radical (unpaired) electrons. The van der Waals surface area contributed by atoms with E-state index in [1.807, 2.05) is 12.1 Å². The van der Waals surface area contributed by atoms with Gasteiger partial charge in [0.1, 0.15) is 5.75 Å². The van der Waals surface area contributed by atoms with E-state index in [9.17, 15) is 9.59 Å². The minimum Gasteiger partial charge on any atom is -0.494 e. The maximum Gasteiger partial charge on any atom is 0.308 e. The van der Waals surface area contributed by atoms with Gasteiger partial charge in [-0.15, -0.1) is 0 Å². The van der Waals surface area contributed by atoms with Crippen LogP contribution in [-0.2, 0) is 15.0 Å². The van der Waals surface area contributed by atoms with Crippen LogP contribution in [0.1, 0.15) is 45.6 Å². The van der Waals surface area contributed by atoms with E-state index >= 15 is 0 Å². The van der Waals surface area contributed by atoms with Crippen LogP contribution in [0.25, 0.3) is 0 Å². The summed E-state index contributed by atoms with van der Waals surface area (Å²) in [6.45, 7) is 7.87. The first-order valence-electron chi connectivity index (χ1n) is 8.51. The van der Waals surface area contributed by atoms with E-state index in [0.717, 1.165) is 5.75 Å². The van der Waals surface area contributed by atoms with Crippen molar-refractivity contribution >= 4 is 11.9 Å². The number of benzene rings is 1. The summed E-state index contributed by atoms with van der Waals surface area (Å²) in [5.41, 5.74) is 1.38. The van der Waals surface area contributed by atoms with Gasteiger partial charge in [0.25, 0.3) is 0 Å². The number of carbonyl (C=O) groups excluding carboxylic acids is 1. The molecule has 1 amide bonds. The lowest BCUT2D eigenvalue weighted by Gasteiger charge is -2.19. The van der Waals surface area contributed by atoms with Gasteiger partial charge in [-0.2, -0.15) is 0 Å². The predicted molar refractivity (Wildman–Crippen MR) is 92.2 cm³/mol. The molecule has 1 aromatic carbocycles. The van der Waals surface area contributed by atoms with Gasteiger partial charge in [0.05, 0.1) is 12.5 Å². The Morgan fingerprint density at radius 1 is 1.25 bits per heavy atom. The highest BCUT2D eigenvalue weighted by atomic mass is 16.5. The van der Waals surface area contributed by atoms with E-state index in [-0.39, 0.29) is 11.3 Å². The fourth-order valence-electron chi connectivity index (χ4n) is 2.81. The largest absolute Gasteiger partial charge is 0.494 e. The first kappa shape index (κ1) is 18.3. The highest BCUT2D eigenvalue weighted by molar-refractivity contribution is 5.78. The van der Waals surface area contributed by atoms with Gasteiger partial charge in [0.15, 0.2) is 0 Å². The van der Waals surface area contributed by atoms with E-state index in [1.165, 1.54) is 5.56 Å². The number of carboxylic acid groups (broad SMARTS) is 1. The SMILES string of the molecule is CC(C)(C)c1ccc(OCCCC(=O)N2CCC(C(=O)O)C2)cc1. The van der Waals surface area contributed by atoms with Gasteiger partial charge in [0, 0.05) is 19.5 Å². The van der Waals surface area contributed by atoms with Crippen LogP contribution >= 0.6 is 0 Å². The number of nitrogens with zero attached hydrogens (tertiary/aromatic N) is 1. The van der Waals surface area contributed by atoms with Crippen molar-refractivity contribution in [2.24, 2.45) is 5.92 Å². The Morgan fingerprint density at radius 3 is 2.46 bits per heavy atom. The van der Waals surface area contributed by atoms with Crippen LogP contribution in [0, 0.1) is 5.92 Å². The first-order chi connectivity index (χ1) is 11.3. The molecule has 1 saturated heterocycles. The van der Waals surface area contributed by atoms with E-state index in [2.05, 4.69) is 32.9 Å². The second-order valence-electron chi connectivity index (χ2n) is 7.39. The van der Waals surface area contributed by atoms with Crippen molar-refractivity contribution in [3.05, 3.63) is 29.8 Å². The zero-order valence-electron chi connectivity index (χ0n) is 14.7. The Kier molecular flexibility index (Phi) is 5.86. The summed E-state index contributed by atoms with van der Waals surface area (Å²) >= 11 is 0. The van der Waals surface area contributed by atoms with Crippen LogP contribution in [0.2, 0.25) is 0 Å². The number of carbonyl (C=O) groups is 2. The normalized spacial score (nSPS) is 17.8. The van der Waals surface area contributed by atoms with Gasteiger partial charge >= 0.3 is 5.97 Å². The summed E-state index contributed by atoms with van der Waals surface area (Å²) in [6.07, 6.45) is 1.58. The van der Waals surface area contributed by atoms with E-state index in [1.54, 1.807) is 4.90 Å². The predicted octanol–water partition coefficient (Wildman–Crippen LogP) is 3.08. The fraction of sp³-hybridized carbons (Fsp3) is 0.579. The molecule has 132 valence electrons. The third kappa shape index (κ3) is 4.98. The van der Waals surface area contributed by atoms with Crippen LogP contribution in [0.3, 0.4) is 0 Å². The lowest BCUT2D eigenvalue weighted by molar-refractivity contribution is -0.141. The number of amides is 1. The number of hydrogen-bond donors (Lipinski definition) is 1. The van der Waals surface area contributed by atoms with E-state index < -0.39 is 11.9 Å². The molecule has 24 heavy (non-hydrogen) atoms. The summed E-state index contributed by atoms with van der Waals surface area (Å²) in [6, 6.07) is 8.05. The Hall–Kier alpha value is -2.04. The van der Waals surface area contributed by atoms with Crippen LogP contribution in [-0.4, -0.2) is 41.6 Å². The molecule has 1 heterocycles. The molecule has 1 aromatic rings. The van der Waals surface area contributed by atoms with Gasteiger partial charge in [-0.3, -0.25) is 9.59 Å². The number of ether oxygens (including phenoxy) is 1. The second kappa shape index (κ2) is 7.69. The first-order valence-corrected chi connectivity index (χ1v) is 8.51. The minimum atomic E-state index is -0.813. The molecule has 1 atom stereocenters. The molecule has 0 saturated carbocycles. The van der Waals surface area contributed by atoms with Crippen molar-refractivity contribution in [3.63, 3.8) is 0 Å². The molecule has 0 aromatic heterocycles. The molecular formula is C19H27NO4. The minimum absolute atomic E-state index is 0.0189. The van der Waals surface area contributed by atoms with E-state index in [4.69, 9.17) is 9.84 Å². The highest BCUT2D eigenvalue weighted by Crippen LogP contribution is 2.24. The summed E-state index contributed by atoms with van der Waals surface area (Å²) in [5, 5.41) is 8.96. The molecule has 0 bridgehead atoms. The van der Waals surface area contributed by atoms with Gasteiger partial charge in [-0.25, -0.2) is 0 Å². The Bertz CT molecular complexity index is 574. The van der Waals surface area contributed by atoms with Crippen molar-refractivity contribution in [3.8, 4) is 5.75 Å². The average molecular weight is 333 g/mol. The maximum absolute atomic E-state index is 12.1. The zero-order chi connectivity index (χ0) is 17.7. The standard InChI is InChI=1S/C19H27NO4/c1-19(2,3)15-6-8-16(9-7-15)24-12-4-5-17(21)20-11-10-14(13-20)18(22)23/h6-9,14H,4-5,10-13H2,1-3H3,(H,22,23). The molecule has 0 aliphatic carbocycles. The summed E-state index contributed by atoms with van der Waals surface area (Å²) in [7, 11) is 0. The quantitative estimate of drug-likeness (QED) is 0.813. The van der Waals surface area contributed by atoms with Crippen molar-refractivity contribution in [1.82, 2.24) is 4.90 Å². The van der Waals surface area contributed by atoms with Gasteiger partial charge in [-0.1, -0.05) is 32.9 Å². The summed E-state index contributed by atoms with van der Waals surface area (Å²) in [5.74, 6) is -0.396. The Labute approximate surface area is 143 Å². The number of rotatable bonds is 6. The lowest BCUT2D eigenvalue weighted by atomic mass is 9.87. The molecule has 5 nitrogen and oxygen atoms in total. The van der Waals surface area contributed by atoms with Gasteiger partial charge in [-0.05, 0) is 36.0 Å². The number of hydrogen-bond acceptors (Lipinski definition) is 3. The molecule has 1 N–H and O–H groups in total. The van der Waals surface area contributed by atoms with Gasteiger partial charge in [0.2, 0.25) is 5.91 Å². The van der Waals surface area contributed by atoms with Crippen LogP contribution < -0.4 is 4.74 Å². The molecule has 1 aliphatic rings. The van der Waals surface area contributed by atoms with Crippen LogP contribution in [0.5, 0.6) is 5.75 Å². The lowest BCUT2D eigenvalue weighted by Crippen LogP contribution is -2.30. The molecule has 2 rings (SSSR count). The van der Waals surface area contributed by atoms with Gasteiger partial charge < -0.3 is 14.7 Å². The van der Waals surface area contributed by atoms with Crippen LogP contribution in [0.4, 0.5) is 0 Å². The number of carboxylic acids is 1. The van der Waals surface area contributed by atoms with E-state index in [0.29, 0.717) is 39.0 Å². The fourth-order valence-corrected chi connectivity index (χ4v) is 2.81. The third-order valence-corrected chi connectivity index (χ3v) is 4.41. The Morgan fingerprint density at radius 2 is 1.92 bits per heavy atom. The van der Waals surface area contributed by atoms with Crippen molar-refractivity contribution in [1.29, 1.82) is 0 Å². The highest BCUT2D eigenvalue weighted by Gasteiger charge is 2.30. The molecular weight excluding hydrogens is 306 g/mol. The molecule has 1 aliphatic heterocycles. The Balaban J connectivity index is 1.69. The van der Waals surface area contributed by atoms with Crippen molar-refractivity contribution in [2.45, 2.75) is 45.4 Å². The number of aliphatic carboxylic acids is 1. The molecule has 1 fully saturated rings. The maximum atomic E-state index is 12.1. The monoisotopic (exact) mass is 333 g/mol. The van der Waals surface area contributed by atoms with Crippen molar-refractivity contribution < 1.29 is 19.4 Å².